The second kappa shape index (κ2) is 7.30. The zero-order valence-corrected chi connectivity index (χ0v) is 16.6. The molecule has 1 unspecified atom stereocenters. The maximum absolute atomic E-state index is 4.99. The van der Waals surface area contributed by atoms with Crippen LogP contribution >= 0.6 is 22.6 Å². The number of rotatable bonds is 3. The quantitative estimate of drug-likeness (QED) is 0.329. The molecule has 128 valence electrons. The summed E-state index contributed by atoms with van der Waals surface area (Å²) in [4.78, 5) is 9.95. The van der Waals surface area contributed by atoms with Crippen molar-refractivity contribution in [3.63, 3.8) is 0 Å². The predicted octanol–water partition coefficient (Wildman–Crippen LogP) is 4.80. The molecule has 4 rings (SSSR count). The van der Waals surface area contributed by atoms with Gasteiger partial charge in [0.15, 0.2) is 0 Å². The number of hydrogen-bond donors (Lipinski definition) is 0. The number of likely N-dealkylation sites (N-methyl/N-ethyl adjacent to an activating group) is 1. The highest BCUT2D eigenvalue weighted by Crippen LogP contribution is 2.33. The Hall–Kier alpha value is -1.66. The van der Waals surface area contributed by atoms with Crippen LogP contribution in [0.25, 0.3) is 22.0 Å². The molecule has 1 aliphatic heterocycles. The Morgan fingerprint density at radius 3 is 2.56 bits per heavy atom. The molecule has 2 aromatic carbocycles. The second-order valence-electron chi connectivity index (χ2n) is 6.43. The number of piperazine rings is 1. The van der Waals surface area contributed by atoms with Crippen LogP contribution in [0.15, 0.2) is 60.7 Å². The van der Waals surface area contributed by atoms with Gasteiger partial charge in [0, 0.05) is 25.0 Å². The van der Waals surface area contributed by atoms with E-state index in [-0.39, 0.29) is 0 Å². The first-order valence-electron chi connectivity index (χ1n) is 8.84. The van der Waals surface area contributed by atoms with E-state index in [9.17, 15) is 0 Å². The minimum Gasteiger partial charge on any atom is -0.342 e. The molecular weight excluding hydrogens is 421 g/mol. The van der Waals surface area contributed by atoms with Crippen molar-refractivity contribution in [1.29, 1.82) is 0 Å². The van der Waals surface area contributed by atoms with Gasteiger partial charge in [0.2, 0.25) is 0 Å². The van der Waals surface area contributed by atoms with E-state index in [2.05, 4.69) is 100.0 Å². The maximum atomic E-state index is 4.99. The molecule has 0 N–H and O–H groups in total. The summed E-state index contributed by atoms with van der Waals surface area (Å²) in [6, 6.07) is 21.4. The topological polar surface area (TPSA) is 19.4 Å². The molecule has 0 aliphatic carbocycles. The molecule has 0 spiro atoms. The van der Waals surface area contributed by atoms with Crippen LogP contribution in [-0.4, -0.2) is 40.1 Å². The van der Waals surface area contributed by atoms with Crippen LogP contribution in [0.3, 0.4) is 0 Å². The summed E-state index contributed by atoms with van der Waals surface area (Å²) < 4.78 is 0.448. The predicted molar refractivity (Wildman–Crippen MR) is 114 cm³/mol. The minimum atomic E-state index is 0.448. The van der Waals surface area contributed by atoms with Crippen molar-refractivity contribution in [2.24, 2.45) is 0 Å². The van der Waals surface area contributed by atoms with E-state index >= 15 is 0 Å². The fourth-order valence-corrected chi connectivity index (χ4v) is 4.62. The number of fused-ring (bicyclic) bond motifs is 1. The first kappa shape index (κ1) is 16.8. The van der Waals surface area contributed by atoms with Crippen molar-refractivity contribution in [3.05, 3.63) is 60.7 Å². The van der Waals surface area contributed by atoms with E-state index < -0.39 is 0 Å². The van der Waals surface area contributed by atoms with Crippen LogP contribution in [-0.2, 0) is 0 Å². The summed E-state index contributed by atoms with van der Waals surface area (Å²) in [6.45, 7) is 6.58. The molecule has 4 heteroatoms. The lowest BCUT2D eigenvalue weighted by Gasteiger charge is -2.39. The van der Waals surface area contributed by atoms with Crippen molar-refractivity contribution >= 4 is 39.3 Å². The van der Waals surface area contributed by atoms with Crippen LogP contribution in [0.2, 0.25) is 0 Å². The van der Waals surface area contributed by atoms with Crippen molar-refractivity contribution in [2.75, 3.05) is 31.1 Å². The van der Waals surface area contributed by atoms with Crippen molar-refractivity contribution in [2.45, 2.75) is 11.0 Å². The Morgan fingerprint density at radius 1 is 1.04 bits per heavy atom. The Bertz CT molecular complexity index is 865. The van der Waals surface area contributed by atoms with Gasteiger partial charge >= 0.3 is 0 Å². The number of halogens is 1. The molecule has 1 atom stereocenters. The molecular formula is C21H22IN3. The summed E-state index contributed by atoms with van der Waals surface area (Å²) in [5, 5.41) is 1.22. The number of aromatic nitrogens is 1. The smallest absolute Gasteiger partial charge is 0.130 e. The SMILES string of the molecule is CCN1CCN(c2cc(-c3ccccc3)c3ccccc3n2)C(I)C1. The fraction of sp³-hybridized carbons (Fsp3) is 0.286. The highest BCUT2D eigenvalue weighted by molar-refractivity contribution is 14.1. The van der Waals surface area contributed by atoms with Gasteiger partial charge in [-0.05, 0) is 29.8 Å². The van der Waals surface area contributed by atoms with E-state index in [0.29, 0.717) is 4.05 Å². The normalized spacial score (nSPS) is 18.6. The fourth-order valence-electron chi connectivity index (χ4n) is 3.50. The highest BCUT2D eigenvalue weighted by Gasteiger charge is 2.25. The van der Waals surface area contributed by atoms with Crippen LogP contribution < -0.4 is 4.90 Å². The van der Waals surface area contributed by atoms with Gasteiger partial charge in [-0.3, -0.25) is 4.90 Å². The number of alkyl halides is 1. The van der Waals surface area contributed by atoms with Gasteiger partial charge in [-0.25, -0.2) is 4.98 Å². The van der Waals surface area contributed by atoms with Crippen LogP contribution in [0, 0.1) is 0 Å². The first-order chi connectivity index (χ1) is 12.3. The van der Waals surface area contributed by atoms with Crippen LogP contribution in [0.1, 0.15) is 6.92 Å². The van der Waals surface area contributed by atoms with Gasteiger partial charge in [0.05, 0.1) is 9.57 Å². The number of hydrogen-bond acceptors (Lipinski definition) is 3. The average molecular weight is 443 g/mol. The Kier molecular flexibility index (Phi) is 4.90. The summed E-state index contributed by atoms with van der Waals surface area (Å²) in [5.41, 5.74) is 3.59. The Morgan fingerprint density at radius 2 is 1.80 bits per heavy atom. The maximum Gasteiger partial charge on any atom is 0.130 e. The average Bonchev–Trinajstić information content (AvgIpc) is 2.67. The van der Waals surface area contributed by atoms with Crippen LogP contribution in [0.4, 0.5) is 5.82 Å². The largest absolute Gasteiger partial charge is 0.342 e. The number of pyridine rings is 1. The standard InChI is InChI=1S/C21H22IN3/c1-2-24-12-13-25(20(22)15-24)21-14-18(16-8-4-3-5-9-16)17-10-6-7-11-19(17)23-21/h3-11,14,20H,2,12-13,15H2,1H3. The van der Waals surface area contributed by atoms with Gasteiger partial charge in [-0.1, -0.05) is 78.0 Å². The zero-order valence-electron chi connectivity index (χ0n) is 14.4. The number of nitrogens with zero attached hydrogens (tertiary/aromatic N) is 3. The van der Waals surface area contributed by atoms with Crippen molar-refractivity contribution in [3.8, 4) is 11.1 Å². The number of benzene rings is 2. The molecule has 2 heterocycles. The Labute approximate surface area is 162 Å². The molecule has 0 bridgehead atoms. The summed E-state index contributed by atoms with van der Waals surface area (Å²) in [5.74, 6) is 1.09. The minimum absolute atomic E-state index is 0.448. The van der Waals surface area contributed by atoms with E-state index in [0.717, 1.165) is 37.5 Å². The van der Waals surface area contributed by atoms with Gasteiger partial charge in [-0.2, -0.15) is 0 Å². The molecule has 0 radical (unpaired) electrons. The highest BCUT2D eigenvalue weighted by atomic mass is 127. The van der Waals surface area contributed by atoms with Crippen molar-refractivity contribution in [1.82, 2.24) is 9.88 Å². The van der Waals surface area contributed by atoms with Gasteiger partial charge in [0.25, 0.3) is 0 Å². The van der Waals surface area contributed by atoms with E-state index in [1.165, 1.54) is 16.5 Å². The van der Waals surface area contributed by atoms with Crippen LogP contribution in [0.5, 0.6) is 0 Å². The summed E-state index contributed by atoms with van der Waals surface area (Å²) >= 11 is 2.56. The third-order valence-corrected chi connectivity index (χ3v) is 6.00. The molecule has 3 nitrogen and oxygen atoms in total. The monoisotopic (exact) mass is 443 g/mol. The number of para-hydroxylation sites is 1. The third-order valence-electron chi connectivity index (χ3n) is 4.93. The molecule has 3 aromatic rings. The second-order valence-corrected chi connectivity index (χ2v) is 7.87. The first-order valence-corrected chi connectivity index (χ1v) is 10.1. The van der Waals surface area contributed by atoms with E-state index in [1.54, 1.807) is 0 Å². The van der Waals surface area contributed by atoms with E-state index in [4.69, 9.17) is 4.98 Å². The van der Waals surface area contributed by atoms with Gasteiger partial charge < -0.3 is 4.90 Å². The van der Waals surface area contributed by atoms with E-state index in [1.807, 2.05) is 0 Å². The lowest BCUT2D eigenvalue weighted by atomic mass is 10.0. The molecule has 1 aromatic heterocycles. The third kappa shape index (κ3) is 3.37. The van der Waals surface area contributed by atoms with Gasteiger partial charge in [-0.15, -0.1) is 0 Å². The molecule has 0 saturated carbocycles. The Balaban J connectivity index is 1.81. The molecule has 1 saturated heterocycles. The number of anilines is 1. The molecule has 1 aliphatic rings. The lowest BCUT2D eigenvalue weighted by Crippen LogP contribution is -2.50. The summed E-state index contributed by atoms with van der Waals surface area (Å²) in [6.07, 6.45) is 0. The lowest BCUT2D eigenvalue weighted by molar-refractivity contribution is 0.265. The van der Waals surface area contributed by atoms with Crippen molar-refractivity contribution < 1.29 is 0 Å². The molecule has 0 amide bonds. The molecule has 25 heavy (non-hydrogen) atoms. The summed E-state index contributed by atoms with van der Waals surface area (Å²) in [7, 11) is 0. The molecule has 1 fully saturated rings. The van der Waals surface area contributed by atoms with Gasteiger partial charge in [0.1, 0.15) is 5.82 Å². The zero-order chi connectivity index (χ0) is 17.2.